The van der Waals surface area contributed by atoms with Crippen molar-refractivity contribution in [3.05, 3.63) is 54.6 Å². The van der Waals surface area contributed by atoms with Crippen molar-refractivity contribution in [2.24, 2.45) is 0 Å². The lowest BCUT2D eigenvalue weighted by atomic mass is 10.2. The number of ether oxygens (including phenoxy) is 1. The maximum absolute atomic E-state index is 5.34. The maximum Gasteiger partial charge on any atom is 0.225 e. The van der Waals surface area contributed by atoms with Crippen molar-refractivity contribution < 1.29 is 4.74 Å². The minimum Gasteiger partial charge on any atom is -0.480 e. The average Bonchev–Trinajstić information content (AvgIpc) is 2.47. The second kappa shape index (κ2) is 5.28. The van der Waals surface area contributed by atoms with Crippen LogP contribution < -0.4 is 4.74 Å². The van der Waals surface area contributed by atoms with Crippen LogP contribution in [-0.4, -0.2) is 17.1 Å². The summed E-state index contributed by atoms with van der Waals surface area (Å²) >= 11 is 1.53. The summed E-state index contributed by atoms with van der Waals surface area (Å²) in [7, 11) is 1.63. The molecule has 3 rings (SSSR count). The Hall–Kier alpha value is -2.07. The largest absolute Gasteiger partial charge is 0.480 e. The SMILES string of the molecule is COc1nc(Sc2ccccc2)nc2ccccc12. The van der Waals surface area contributed by atoms with Gasteiger partial charge < -0.3 is 4.74 Å². The second-order valence-corrected chi connectivity index (χ2v) is 4.99. The first-order valence-electron chi connectivity index (χ1n) is 5.90. The first-order valence-corrected chi connectivity index (χ1v) is 6.72. The van der Waals surface area contributed by atoms with Crippen LogP contribution >= 0.6 is 11.8 Å². The monoisotopic (exact) mass is 268 g/mol. The summed E-state index contributed by atoms with van der Waals surface area (Å²) in [5.41, 5.74) is 0.896. The Labute approximate surface area is 115 Å². The highest BCUT2D eigenvalue weighted by Crippen LogP contribution is 2.29. The zero-order chi connectivity index (χ0) is 13.1. The number of hydrogen-bond acceptors (Lipinski definition) is 4. The fraction of sp³-hybridized carbons (Fsp3) is 0.0667. The lowest BCUT2D eigenvalue weighted by Crippen LogP contribution is -1.94. The van der Waals surface area contributed by atoms with Gasteiger partial charge in [-0.1, -0.05) is 30.3 Å². The molecule has 0 unspecified atom stereocenters. The summed E-state index contributed by atoms with van der Waals surface area (Å²) in [5, 5.41) is 1.63. The molecule has 0 aliphatic heterocycles. The molecule has 0 fully saturated rings. The Kier molecular flexibility index (Phi) is 3.33. The van der Waals surface area contributed by atoms with Crippen molar-refractivity contribution in [2.45, 2.75) is 10.1 Å². The fourth-order valence-electron chi connectivity index (χ4n) is 1.82. The molecular formula is C15H12N2OS. The van der Waals surface area contributed by atoms with Crippen molar-refractivity contribution in [1.82, 2.24) is 9.97 Å². The molecule has 0 aliphatic carbocycles. The minimum atomic E-state index is 0.615. The smallest absolute Gasteiger partial charge is 0.225 e. The molecule has 0 spiro atoms. The predicted molar refractivity (Wildman–Crippen MR) is 76.7 cm³/mol. The van der Waals surface area contributed by atoms with Crippen molar-refractivity contribution >= 4 is 22.7 Å². The summed E-state index contributed by atoms with van der Waals surface area (Å²) < 4.78 is 5.34. The molecule has 0 atom stereocenters. The summed E-state index contributed by atoms with van der Waals surface area (Å²) in [6.45, 7) is 0. The first kappa shape index (κ1) is 12.0. The highest BCUT2D eigenvalue weighted by atomic mass is 32.2. The van der Waals surface area contributed by atoms with E-state index in [1.54, 1.807) is 7.11 Å². The van der Waals surface area contributed by atoms with Crippen LogP contribution in [0, 0.1) is 0 Å². The number of para-hydroxylation sites is 1. The predicted octanol–water partition coefficient (Wildman–Crippen LogP) is 3.79. The normalized spacial score (nSPS) is 10.6. The molecule has 19 heavy (non-hydrogen) atoms. The van der Waals surface area contributed by atoms with E-state index < -0.39 is 0 Å². The van der Waals surface area contributed by atoms with Gasteiger partial charge in [-0.25, -0.2) is 4.98 Å². The molecule has 3 nitrogen and oxygen atoms in total. The molecule has 0 saturated carbocycles. The molecular weight excluding hydrogens is 256 g/mol. The number of benzene rings is 2. The van der Waals surface area contributed by atoms with Crippen LogP contribution in [0.2, 0.25) is 0 Å². The van der Waals surface area contributed by atoms with Crippen LogP contribution in [0.25, 0.3) is 10.9 Å². The summed E-state index contributed by atoms with van der Waals surface area (Å²) in [5.74, 6) is 0.615. The Morgan fingerprint density at radius 1 is 0.895 bits per heavy atom. The molecule has 0 radical (unpaired) electrons. The molecule has 3 aromatic rings. The van der Waals surface area contributed by atoms with E-state index in [0.717, 1.165) is 15.8 Å². The van der Waals surface area contributed by atoms with Crippen molar-refractivity contribution in [3.8, 4) is 5.88 Å². The van der Waals surface area contributed by atoms with Crippen LogP contribution in [0.4, 0.5) is 0 Å². The molecule has 1 aromatic heterocycles. The lowest BCUT2D eigenvalue weighted by Gasteiger charge is -2.06. The van der Waals surface area contributed by atoms with E-state index in [4.69, 9.17) is 4.74 Å². The van der Waals surface area contributed by atoms with Gasteiger partial charge in [0.05, 0.1) is 18.0 Å². The third-order valence-corrected chi connectivity index (χ3v) is 3.57. The summed E-state index contributed by atoms with van der Waals surface area (Å²) in [6.07, 6.45) is 0. The van der Waals surface area contributed by atoms with Gasteiger partial charge in [0, 0.05) is 4.90 Å². The van der Waals surface area contributed by atoms with Crippen molar-refractivity contribution in [2.75, 3.05) is 7.11 Å². The van der Waals surface area contributed by atoms with Crippen LogP contribution in [0.15, 0.2) is 64.6 Å². The minimum absolute atomic E-state index is 0.615. The Bertz CT molecular complexity index is 701. The van der Waals surface area contributed by atoms with E-state index in [-0.39, 0.29) is 0 Å². The maximum atomic E-state index is 5.34. The quantitative estimate of drug-likeness (QED) is 0.677. The Morgan fingerprint density at radius 2 is 1.63 bits per heavy atom. The van der Waals surface area contributed by atoms with E-state index >= 15 is 0 Å². The summed E-state index contributed by atoms with van der Waals surface area (Å²) in [4.78, 5) is 10.1. The average molecular weight is 268 g/mol. The fourth-order valence-corrected chi connectivity index (χ4v) is 2.60. The zero-order valence-corrected chi connectivity index (χ0v) is 11.2. The van der Waals surface area contributed by atoms with Crippen molar-refractivity contribution in [3.63, 3.8) is 0 Å². The van der Waals surface area contributed by atoms with Gasteiger partial charge in [0.25, 0.3) is 0 Å². The first-order chi connectivity index (χ1) is 9.36. The van der Waals surface area contributed by atoms with Gasteiger partial charge in [0.15, 0.2) is 5.16 Å². The van der Waals surface area contributed by atoms with E-state index in [2.05, 4.69) is 9.97 Å². The summed E-state index contributed by atoms with van der Waals surface area (Å²) in [6, 6.07) is 17.9. The Morgan fingerprint density at radius 3 is 2.42 bits per heavy atom. The third-order valence-electron chi connectivity index (χ3n) is 2.69. The van der Waals surface area contributed by atoms with E-state index in [1.807, 2.05) is 54.6 Å². The van der Waals surface area contributed by atoms with Crippen LogP contribution in [-0.2, 0) is 0 Å². The van der Waals surface area contributed by atoms with Gasteiger partial charge in [-0.3, -0.25) is 0 Å². The number of hydrogen-bond donors (Lipinski definition) is 0. The lowest BCUT2D eigenvalue weighted by molar-refractivity contribution is 0.398. The van der Waals surface area contributed by atoms with E-state index in [0.29, 0.717) is 11.0 Å². The molecule has 0 saturated heterocycles. The molecule has 2 aromatic carbocycles. The van der Waals surface area contributed by atoms with Gasteiger partial charge in [-0.2, -0.15) is 4.98 Å². The van der Waals surface area contributed by atoms with Crippen LogP contribution in [0.1, 0.15) is 0 Å². The molecule has 0 bridgehead atoms. The van der Waals surface area contributed by atoms with Gasteiger partial charge >= 0.3 is 0 Å². The van der Waals surface area contributed by atoms with Crippen molar-refractivity contribution in [1.29, 1.82) is 0 Å². The highest BCUT2D eigenvalue weighted by molar-refractivity contribution is 7.99. The molecule has 1 heterocycles. The highest BCUT2D eigenvalue weighted by Gasteiger charge is 2.08. The molecule has 94 valence electrons. The number of rotatable bonds is 3. The molecule has 0 aliphatic rings. The molecule has 4 heteroatoms. The molecule has 0 amide bonds. The van der Waals surface area contributed by atoms with E-state index in [1.165, 1.54) is 11.8 Å². The number of nitrogens with zero attached hydrogens (tertiary/aromatic N) is 2. The number of methoxy groups -OCH3 is 1. The van der Waals surface area contributed by atoms with Crippen LogP contribution in [0.3, 0.4) is 0 Å². The zero-order valence-electron chi connectivity index (χ0n) is 10.4. The van der Waals surface area contributed by atoms with Gasteiger partial charge in [0.2, 0.25) is 5.88 Å². The van der Waals surface area contributed by atoms with Gasteiger partial charge in [-0.15, -0.1) is 0 Å². The van der Waals surface area contributed by atoms with Gasteiger partial charge in [0.1, 0.15) is 0 Å². The number of fused-ring (bicyclic) bond motifs is 1. The van der Waals surface area contributed by atoms with E-state index in [9.17, 15) is 0 Å². The topological polar surface area (TPSA) is 35.0 Å². The van der Waals surface area contributed by atoms with Gasteiger partial charge in [-0.05, 0) is 36.0 Å². The van der Waals surface area contributed by atoms with Crippen LogP contribution in [0.5, 0.6) is 5.88 Å². The molecule has 0 N–H and O–H groups in total. The second-order valence-electron chi connectivity index (χ2n) is 3.95. The number of aromatic nitrogens is 2. The Balaban J connectivity index is 2.05. The third kappa shape index (κ3) is 2.53. The standard InChI is InChI=1S/C15H12N2OS/c1-18-14-12-9-5-6-10-13(12)16-15(17-14)19-11-7-3-2-4-8-11/h2-10H,1H3.